The number of benzene rings is 1. The molecule has 0 aromatic heterocycles. The predicted molar refractivity (Wildman–Crippen MR) is 111 cm³/mol. The second kappa shape index (κ2) is 10.7. The lowest BCUT2D eigenvalue weighted by molar-refractivity contribution is 0.195. The van der Waals surface area contributed by atoms with Crippen molar-refractivity contribution < 1.29 is 4.74 Å². The Balaban J connectivity index is 3.20. The quantitative estimate of drug-likeness (QED) is 0.388. The molecule has 0 heterocycles. The van der Waals surface area contributed by atoms with Crippen molar-refractivity contribution in [1.82, 2.24) is 5.32 Å². The second-order valence-corrected chi connectivity index (χ2v) is 6.38. The van der Waals surface area contributed by atoms with Crippen molar-refractivity contribution in [3.05, 3.63) is 58.3 Å². The van der Waals surface area contributed by atoms with Gasteiger partial charge in [-0.15, -0.1) is 0 Å². The highest BCUT2D eigenvalue weighted by atomic mass is 16.5. The molecule has 0 spiro atoms. The Morgan fingerprint density at radius 3 is 2.60 bits per heavy atom. The molecule has 1 rings (SSSR count). The molecule has 0 aliphatic carbocycles. The van der Waals surface area contributed by atoms with Gasteiger partial charge in [0.15, 0.2) is 0 Å². The minimum absolute atomic E-state index is 0.761. The Bertz CT molecular complexity index is 681. The van der Waals surface area contributed by atoms with Gasteiger partial charge < -0.3 is 10.1 Å². The van der Waals surface area contributed by atoms with Crippen molar-refractivity contribution in [3.63, 3.8) is 0 Å². The van der Waals surface area contributed by atoms with Crippen molar-refractivity contribution in [2.45, 2.75) is 34.1 Å². The summed E-state index contributed by atoms with van der Waals surface area (Å²) in [6, 6.07) is 6.54. The Morgan fingerprint density at radius 2 is 2.00 bits per heavy atom. The summed E-state index contributed by atoms with van der Waals surface area (Å²) in [5, 5.41) is 3.47. The van der Waals surface area contributed by atoms with Crippen LogP contribution in [0.2, 0.25) is 0 Å². The van der Waals surface area contributed by atoms with E-state index in [0.717, 1.165) is 42.0 Å². The molecule has 0 unspecified atom stereocenters. The number of nitrogens with one attached hydrogen (secondary N) is 1. The molecule has 0 amide bonds. The third-order valence-corrected chi connectivity index (χ3v) is 4.21. The van der Waals surface area contributed by atoms with E-state index in [4.69, 9.17) is 4.74 Å². The molecule has 0 saturated heterocycles. The standard InChI is InChI=1S/C22H32N2O/c1-16(2)18(4)13-21-14-20(10-9-17(21)3)22(15-23-6)19(5)24-11-8-12-25-7/h9-10,13-15,24H,1,8,11-12H2,2-7H3/b18-13+,22-19-,23-15?. The first-order valence-electron chi connectivity index (χ1n) is 8.71. The number of ether oxygens (including phenoxy) is 1. The molecule has 0 fully saturated rings. The summed E-state index contributed by atoms with van der Waals surface area (Å²) in [6.07, 6.45) is 5.09. The van der Waals surface area contributed by atoms with Gasteiger partial charge in [-0.2, -0.15) is 0 Å². The lowest BCUT2D eigenvalue weighted by Crippen LogP contribution is -2.16. The molecule has 1 aromatic rings. The summed E-state index contributed by atoms with van der Waals surface area (Å²) < 4.78 is 5.11. The molecule has 1 N–H and O–H groups in total. The highest BCUT2D eigenvalue weighted by molar-refractivity contribution is 6.11. The first-order valence-corrected chi connectivity index (χ1v) is 8.71. The van der Waals surface area contributed by atoms with Crippen LogP contribution in [0.5, 0.6) is 0 Å². The number of rotatable bonds is 9. The van der Waals surface area contributed by atoms with Gasteiger partial charge in [-0.25, -0.2) is 0 Å². The molecule has 0 aliphatic rings. The minimum atomic E-state index is 0.761. The number of aryl methyl sites for hydroxylation is 1. The highest BCUT2D eigenvalue weighted by Crippen LogP contribution is 2.23. The largest absolute Gasteiger partial charge is 0.388 e. The minimum Gasteiger partial charge on any atom is -0.388 e. The molecule has 0 aliphatic heterocycles. The van der Waals surface area contributed by atoms with Crippen molar-refractivity contribution >= 4 is 17.9 Å². The summed E-state index contributed by atoms with van der Waals surface area (Å²) in [5.74, 6) is 0. The predicted octanol–water partition coefficient (Wildman–Crippen LogP) is 5.03. The molecule has 0 atom stereocenters. The van der Waals surface area contributed by atoms with Gasteiger partial charge in [-0.05, 0) is 62.4 Å². The van der Waals surface area contributed by atoms with E-state index in [9.17, 15) is 0 Å². The molecule has 136 valence electrons. The van der Waals surface area contributed by atoms with Crippen LogP contribution in [0.15, 0.2) is 46.6 Å². The zero-order valence-electron chi connectivity index (χ0n) is 16.6. The SMILES string of the molecule is C=C(C)/C(C)=C/c1cc(/C(C=NC)=C(/C)NCCCOC)ccc1C. The maximum absolute atomic E-state index is 5.11. The van der Waals surface area contributed by atoms with Gasteiger partial charge in [0.1, 0.15) is 0 Å². The van der Waals surface area contributed by atoms with Crippen molar-refractivity contribution in [3.8, 4) is 0 Å². The van der Waals surface area contributed by atoms with Crippen LogP contribution < -0.4 is 5.32 Å². The monoisotopic (exact) mass is 340 g/mol. The molecule has 1 aromatic carbocycles. The zero-order chi connectivity index (χ0) is 18.8. The number of allylic oxidation sites excluding steroid dienone is 4. The summed E-state index contributed by atoms with van der Waals surface area (Å²) in [4.78, 5) is 4.24. The fourth-order valence-corrected chi connectivity index (χ4v) is 2.42. The van der Waals surface area contributed by atoms with Gasteiger partial charge >= 0.3 is 0 Å². The summed E-state index contributed by atoms with van der Waals surface area (Å²) in [6.45, 7) is 14.0. The van der Waals surface area contributed by atoms with Gasteiger partial charge in [0, 0.05) is 44.8 Å². The molecular formula is C22H32N2O. The lowest BCUT2D eigenvalue weighted by Gasteiger charge is -2.13. The van der Waals surface area contributed by atoms with Crippen molar-refractivity contribution in [2.24, 2.45) is 4.99 Å². The van der Waals surface area contributed by atoms with E-state index >= 15 is 0 Å². The van der Waals surface area contributed by atoms with Crippen LogP contribution in [0.25, 0.3) is 11.6 Å². The third kappa shape index (κ3) is 6.71. The van der Waals surface area contributed by atoms with E-state index in [1.807, 2.05) is 13.1 Å². The van der Waals surface area contributed by atoms with E-state index in [0.29, 0.717) is 0 Å². The van der Waals surface area contributed by atoms with E-state index in [1.54, 1.807) is 14.2 Å². The van der Waals surface area contributed by atoms with E-state index in [2.05, 4.69) is 61.9 Å². The lowest BCUT2D eigenvalue weighted by atomic mass is 9.97. The van der Waals surface area contributed by atoms with Gasteiger partial charge in [0.05, 0.1) is 0 Å². The Labute approximate surface area is 153 Å². The maximum Gasteiger partial charge on any atom is 0.0479 e. The van der Waals surface area contributed by atoms with Crippen LogP contribution in [0, 0.1) is 6.92 Å². The zero-order valence-corrected chi connectivity index (χ0v) is 16.6. The molecule has 0 saturated carbocycles. The Hall–Kier alpha value is -2.13. The topological polar surface area (TPSA) is 33.6 Å². The molecular weight excluding hydrogens is 308 g/mol. The van der Waals surface area contributed by atoms with Crippen LogP contribution >= 0.6 is 0 Å². The smallest absolute Gasteiger partial charge is 0.0479 e. The van der Waals surface area contributed by atoms with Crippen LogP contribution in [0.1, 0.15) is 43.9 Å². The fraction of sp³-hybridized carbons (Fsp3) is 0.409. The number of aliphatic imine (C=N–C) groups is 1. The van der Waals surface area contributed by atoms with Crippen LogP contribution in [0.3, 0.4) is 0 Å². The van der Waals surface area contributed by atoms with Gasteiger partial charge in [-0.3, -0.25) is 4.99 Å². The first kappa shape index (κ1) is 20.9. The number of methoxy groups -OCH3 is 1. The van der Waals surface area contributed by atoms with Gasteiger partial charge in [-0.1, -0.05) is 30.4 Å². The maximum atomic E-state index is 5.11. The van der Waals surface area contributed by atoms with Gasteiger partial charge in [0.2, 0.25) is 0 Å². The molecule has 3 heteroatoms. The summed E-state index contributed by atoms with van der Waals surface area (Å²) in [5.41, 5.74) is 8.15. The summed E-state index contributed by atoms with van der Waals surface area (Å²) >= 11 is 0. The highest BCUT2D eigenvalue weighted by Gasteiger charge is 2.07. The van der Waals surface area contributed by atoms with E-state index < -0.39 is 0 Å². The average Bonchev–Trinajstić information content (AvgIpc) is 2.58. The molecule has 25 heavy (non-hydrogen) atoms. The summed E-state index contributed by atoms with van der Waals surface area (Å²) in [7, 11) is 3.53. The normalized spacial score (nSPS) is 13.1. The molecule has 0 radical (unpaired) electrons. The number of hydrogen-bond acceptors (Lipinski definition) is 3. The van der Waals surface area contributed by atoms with E-state index in [-0.39, 0.29) is 0 Å². The van der Waals surface area contributed by atoms with Gasteiger partial charge in [0.25, 0.3) is 0 Å². The third-order valence-electron chi connectivity index (χ3n) is 4.21. The second-order valence-electron chi connectivity index (χ2n) is 6.38. The van der Waals surface area contributed by atoms with Crippen molar-refractivity contribution in [2.75, 3.05) is 27.3 Å². The first-order chi connectivity index (χ1) is 11.9. The molecule has 0 bridgehead atoms. The van der Waals surface area contributed by atoms with Crippen LogP contribution in [-0.4, -0.2) is 33.5 Å². The average molecular weight is 341 g/mol. The van der Waals surface area contributed by atoms with Crippen molar-refractivity contribution in [1.29, 1.82) is 0 Å². The number of nitrogens with zero attached hydrogens (tertiary/aromatic N) is 1. The Morgan fingerprint density at radius 1 is 1.28 bits per heavy atom. The van der Waals surface area contributed by atoms with E-state index in [1.165, 1.54) is 16.7 Å². The Kier molecular flexibility index (Phi) is 8.93. The molecule has 3 nitrogen and oxygen atoms in total. The number of hydrogen-bond donors (Lipinski definition) is 1. The van der Waals surface area contributed by atoms with Crippen LogP contribution in [0.4, 0.5) is 0 Å². The fourth-order valence-electron chi connectivity index (χ4n) is 2.42. The van der Waals surface area contributed by atoms with Crippen LogP contribution in [-0.2, 0) is 4.74 Å².